The highest BCUT2D eigenvalue weighted by Gasteiger charge is 2.27. The van der Waals surface area contributed by atoms with E-state index < -0.39 is 5.38 Å². The number of benzene rings is 1. The summed E-state index contributed by atoms with van der Waals surface area (Å²) in [6, 6.07) is 5.68. The van der Waals surface area contributed by atoms with Crippen LogP contribution in [-0.2, 0) is 0 Å². The van der Waals surface area contributed by atoms with E-state index in [4.69, 9.17) is 16.9 Å². The van der Waals surface area contributed by atoms with Gasteiger partial charge in [0.05, 0.1) is 17.3 Å². The minimum atomic E-state index is -0.523. The molecule has 1 saturated carbocycles. The molecule has 27 heavy (non-hydrogen) atoms. The van der Waals surface area contributed by atoms with Crippen molar-refractivity contribution in [3.8, 4) is 6.07 Å². The SMILES string of the molecule is Cc1cn(C2CC2)c2cc(N3CCN(CC(Cl)C#N)CC3)c(F)cc2c1=O. The number of nitriles is 1. The molecule has 1 aromatic heterocycles. The van der Waals surface area contributed by atoms with Crippen LogP contribution in [0.15, 0.2) is 23.1 Å². The van der Waals surface area contributed by atoms with Gasteiger partial charge in [0.25, 0.3) is 0 Å². The summed E-state index contributed by atoms with van der Waals surface area (Å²) in [5.74, 6) is -0.353. The number of halogens is 2. The van der Waals surface area contributed by atoms with Crippen LogP contribution in [0.3, 0.4) is 0 Å². The van der Waals surface area contributed by atoms with E-state index in [0.29, 0.717) is 42.3 Å². The molecular weight excluding hydrogens is 367 g/mol. The summed E-state index contributed by atoms with van der Waals surface area (Å²) >= 11 is 5.91. The van der Waals surface area contributed by atoms with E-state index in [-0.39, 0.29) is 11.2 Å². The number of aromatic nitrogens is 1. The van der Waals surface area contributed by atoms with Crippen molar-refractivity contribution in [2.24, 2.45) is 0 Å². The second kappa shape index (κ2) is 7.14. The Morgan fingerprint density at radius 2 is 2.00 bits per heavy atom. The third-order valence-corrected chi connectivity index (χ3v) is 5.73. The molecule has 2 heterocycles. The van der Waals surface area contributed by atoms with Gasteiger partial charge in [-0.05, 0) is 31.9 Å². The molecule has 0 bridgehead atoms. The maximum atomic E-state index is 14.9. The van der Waals surface area contributed by atoms with Gasteiger partial charge >= 0.3 is 0 Å². The van der Waals surface area contributed by atoms with Gasteiger partial charge in [-0.3, -0.25) is 9.69 Å². The minimum absolute atomic E-state index is 0.0955. The van der Waals surface area contributed by atoms with Crippen molar-refractivity contribution in [1.82, 2.24) is 9.47 Å². The number of anilines is 1. The molecule has 0 N–H and O–H groups in total. The average Bonchev–Trinajstić information content (AvgIpc) is 3.50. The average molecular weight is 389 g/mol. The molecule has 2 fully saturated rings. The van der Waals surface area contributed by atoms with E-state index in [1.807, 2.05) is 23.2 Å². The van der Waals surface area contributed by atoms with Crippen LogP contribution < -0.4 is 10.3 Å². The Morgan fingerprint density at radius 1 is 1.30 bits per heavy atom. The van der Waals surface area contributed by atoms with Gasteiger partial charge in [0.1, 0.15) is 11.2 Å². The standard InChI is InChI=1S/C20H22ClFN4O/c1-13-11-26(15-2-3-15)18-9-19(17(22)8-16(18)20(13)27)25-6-4-24(5-7-25)12-14(21)10-23/h8-9,11,14-15H,2-7,12H2,1H3. The van der Waals surface area contributed by atoms with Crippen LogP contribution in [-0.4, -0.2) is 47.6 Å². The van der Waals surface area contributed by atoms with E-state index >= 15 is 0 Å². The molecule has 1 saturated heterocycles. The number of piperazine rings is 1. The van der Waals surface area contributed by atoms with Gasteiger partial charge in [-0.2, -0.15) is 5.26 Å². The number of aryl methyl sites for hydroxylation is 1. The van der Waals surface area contributed by atoms with Crippen LogP contribution in [0.2, 0.25) is 0 Å². The van der Waals surface area contributed by atoms with E-state index in [1.54, 1.807) is 6.92 Å². The molecule has 1 aromatic carbocycles. The van der Waals surface area contributed by atoms with Gasteiger partial charge in [0, 0.05) is 55.9 Å². The van der Waals surface area contributed by atoms with E-state index in [9.17, 15) is 9.18 Å². The molecule has 7 heteroatoms. The first-order valence-corrected chi connectivity index (χ1v) is 9.77. The smallest absolute Gasteiger partial charge is 0.192 e. The first-order chi connectivity index (χ1) is 13.0. The second-order valence-corrected chi connectivity index (χ2v) is 8.01. The molecule has 0 spiro atoms. The fourth-order valence-electron chi connectivity index (χ4n) is 3.83. The van der Waals surface area contributed by atoms with Crippen molar-refractivity contribution < 1.29 is 4.39 Å². The van der Waals surface area contributed by atoms with Crippen LogP contribution in [0.25, 0.3) is 10.9 Å². The summed E-state index contributed by atoms with van der Waals surface area (Å²) in [6.45, 7) is 5.09. The van der Waals surface area contributed by atoms with Crippen LogP contribution >= 0.6 is 11.6 Å². The number of hydrogen-bond donors (Lipinski definition) is 0. The zero-order chi connectivity index (χ0) is 19.1. The fourth-order valence-corrected chi connectivity index (χ4v) is 4.03. The molecule has 1 unspecified atom stereocenters. The molecule has 1 aliphatic heterocycles. The number of rotatable bonds is 4. The van der Waals surface area contributed by atoms with Gasteiger partial charge < -0.3 is 9.47 Å². The van der Waals surface area contributed by atoms with Crippen molar-refractivity contribution in [1.29, 1.82) is 5.26 Å². The Balaban J connectivity index is 1.64. The predicted molar refractivity (Wildman–Crippen MR) is 105 cm³/mol. The van der Waals surface area contributed by atoms with Crippen LogP contribution in [0.4, 0.5) is 10.1 Å². The second-order valence-electron chi connectivity index (χ2n) is 7.48. The molecule has 2 aromatic rings. The molecule has 0 radical (unpaired) electrons. The highest BCUT2D eigenvalue weighted by atomic mass is 35.5. The Hall–Kier alpha value is -2.10. The van der Waals surface area contributed by atoms with Crippen molar-refractivity contribution >= 4 is 28.2 Å². The molecular formula is C20H22ClFN4O. The normalized spacial score (nSPS) is 19.3. The Kier molecular flexibility index (Phi) is 4.83. The van der Waals surface area contributed by atoms with Crippen LogP contribution in [0.5, 0.6) is 0 Å². The number of fused-ring (bicyclic) bond motifs is 1. The highest BCUT2D eigenvalue weighted by Crippen LogP contribution is 2.38. The lowest BCUT2D eigenvalue weighted by Gasteiger charge is -2.36. The summed E-state index contributed by atoms with van der Waals surface area (Å²) in [4.78, 5) is 16.6. The summed E-state index contributed by atoms with van der Waals surface area (Å²) in [5.41, 5.74) is 1.92. The van der Waals surface area contributed by atoms with Gasteiger partial charge in [0.15, 0.2) is 5.43 Å². The van der Waals surface area contributed by atoms with Crippen LogP contribution in [0, 0.1) is 24.1 Å². The van der Waals surface area contributed by atoms with E-state index in [2.05, 4.69) is 9.47 Å². The molecule has 0 amide bonds. The molecule has 142 valence electrons. The monoisotopic (exact) mass is 388 g/mol. The quantitative estimate of drug-likeness (QED) is 0.755. The summed E-state index contributed by atoms with van der Waals surface area (Å²) in [7, 11) is 0. The molecule has 1 aliphatic carbocycles. The van der Waals surface area contributed by atoms with E-state index in [0.717, 1.165) is 31.4 Å². The fraction of sp³-hybridized carbons (Fsp3) is 0.500. The first kappa shape index (κ1) is 18.3. The highest BCUT2D eigenvalue weighted by molar-refractivity contribution is 6.22. The third-order valence-electron chi connectivity index (χ3n) is 5.49. The number of hydrogen-bond acceptors (Lipinski definition) is 4. The zero-order valence-electron chi connectivity index (χ0n) is 15.3. The first-order valence-electron chi connectivity index (χ1n) is 9.34. The van der Waals surface area contributed by atoms with Crippen molar-refractivity contribution in [2.45, 2.75) is 31.2 Å². The predicted octanol–water partition coefficient (Wildman–Crippen LogP) is 3.04. The van der Waals surface area contributed by atoms with Crippen LogP contribution in [0.1, 0.15) is 24.4 Å². The zero-order valence-corrected chi connectivity index (χ0v) is 16.0. The van der Waals surface area contributed by atoms with Crippen molar-refractivity contribution in [2.75, 3.05) is 37.6 Å². The maximum Gasteiger partial charge on any atom is 0.192 e. The molecule has 1 atom stereocenters. The number of alkyl halides is 1. The van der Waals surface area contributed by atoms with Gasteiger partial charge in [0.2, 0.25) is 0 Å². The topological polar surface area (TPSA) is 52.3 Å². The van der Waals surface area contributed by atoms with Gasteiger partial charge in [-0.25, -0.2) is 4.39 Å². The Bertz CT molecular complexity index is 971. The van der Waals surface area contributed by atoms with Crippen molar-refractivity contribution in [3.05, 3.63) is 39.9 Å². The largest absolute Gasteiger partial charge is 0.367 e. The lowest BCUT2D eigenvalue weighted by Crippen LogP contribution is -2.48. The molecule has 2 aliphatic rings. The summed E-state index contributed by atoms with van der Waals surface area (Å²) in [5, 5.41) is 8.79. The third kappa shape index (κ3) is 3.54. The lowest BCUT2D eigenvalue weighted by molar-refractivity contribution is 0.264. The number of nitrogens with zero attached hydrogens (tertiary/aromatic N) is 4. The summed E-state index contributed by atoms with van der Waals surface area (Å²) in [6.07, 6.45) is 4.10. The lowest BCUT2D eigenvalue weighted by atomic mass is 10.1. The number of pyridine rings is 1. The van der Waals surface area contributed by atoms with Gasteiger partial charge in [-0.15, -0.1) is 11.6 Å². The van der Waals surface area contributed by atoms with Gasteiger partial charge in [-0.1, -0.05) is 0 Å². The molecule has 4 rings (SSSR count). The molecule has 5 nitrogen and oxygen atoms in total. The summed E-state index contributed by atoms with van der Waals surface area (Å²) < 4.78 is 17.0. The Morgan fingerprint density at radius 3 is 2.63 bits per heavy atom. The minimum Gasteiger partial charge on any atom is -0.367 e. The Labute approximate surface area is 162 Å². The maximum absolute atomic E-state index is 14.9. The van der Waals surface area contributed by atoms with Crippen molar-refractivity contribution in [3.63, 3.8) is 0 Å². The van der Waals surface area contributed by atoms with E-state index in [1.165, 1.54) is 6.07 Å².